The number of benzene rings is 1. The standard InChI is InChI=1S/C13H16Cl2N2O3S/c1-3-8-16-12(18)7-9-17(21(2,19)20)13-10(14)5-4-6-11(13)15/h3-6H,1,7-9H2,2H3,(H,16,18). The fourth-order valence-corrected chi connectivity index (χ4v) is 3.30. The second-order valence-electron chi connectivity index (χ2n) is 4.25. The summed E-state index contributed by atoms with van der Waals surface area (Å²) >= 11 is 12.0. The normalized spacial score (nSPS) is 11.0. The summed E-state index contributed by atoms with van der Waals surface area (Å²) < 4.78 is 24.9. The zero-order valence-corrected chi connectivity index (χ0v) is 13.8. The van der Waals surface area contributed by atoms with Gasteiger partial charge in [0.15, 0.2) is 0 Å². The van der Waals surface area contributed by atoms with Gasteiger partial charge < -0.3 is 5.32 Å². The van der Waals surface area contributed by atoms with E-state index < -0.39 is 10.0 Å². The number of nitrogens with zero attached hydrogens (tertiary/aromatic N) is 1. The molecule has 8 heteroatoms. The minimum absolute atomic E-state index is 0.0114. The Labute approximate surface area is 134 Å². The number of amides is 1. The lowest BCUT2D eigenvalue weighted by molar-refractivity contribution is -0.120. The molecule has 0 aliphatic carbocycles. The molecule has 0 heterocycles. The van der Waals surface area contributed by atoms with Crippen LogP contribution in [0.25, 0.3) is 0 Å². The van der Waals surface area contributed by atoms with Gasteiger partial charge in [0.2, 0.25) is 15.9 Å². The van der Waals surface area contributed by atoms with E-state index in [4.69, 9.17) is 23.2 Å². The maximum absolute atomic E-state index is 11.9. The number of para-hydroxylation sites is 1. The van der Waals surface area contributed by atoms with E-state index in [1.54, 1.807) is 18.2 Å². The van der Waals surface area contributed by atoms with E-state index in [0.717, 1.165) is 10.6 Å². The number of carbonyl (C=O) groups is 1. The average molecular weight is 351 g/mol. The first-order chi connectivity index (χ1) is 9.77. The molecule has 0 aliphatic rings. The van der Waals surface area contributed by atoms with Crippen LogP contribution in [0.2, 0.25) is 10.0 Å². The fraction of sp³-hybridized carbons (Fsp3) is 0.308. The highest BCUT2D eigenvalue weighted by molar-refractivity contribution is 7.92. The largest absolute Gasteiger partial charge is 0.353 e. The Morgan fingerprint density at radius 3 is 2.43 bits per heavy atom. The van der Waals surface area contributed by atoms with Gasteiger partial charge >= 0.3 is 0 Å². The first kappa shape index (κ1) is 17.8. The predicted octanol–water partition coefficient (Wildman–Crippen LogP) is 2.45. The number of sulfonamides is 1. The highest BCUT2D eigenvalue weighted by Crippen LogP contribution is 2.34. The minimum atomic E-state index is -3.61. The molecule has 1 rings (SSSR count). The summed E-state index contributed by atoms with van der Waals surface area (Å²) in [6.07, 6.45) is 2.56. The summed E-state index contributed by atoms with van der Waals surface area (Å²) in [7, 11) is -3.61. The van der Waals surface area contributed by atoms with Crippen LogP contribution in [0, 0.1) is 0 Å². The number of halogens is 2. The summed E-state index contributed by atoms with van der Waals surface area (Å²) in [4.78, 5) is 11.6. The van der Waals surface area contributed by atoms with Gasteiger partial charge in [0.1, 0.15) is 0 Å². The fourth-order valence-electron chi connectivity index (χ4n) is 1.65. The van der Waals surface area contributed by atoms with Gasteiger partial charge in [-0.3, -0.25) is 9.10 Å². The molecule has 0 saturated carbocycles. The van der Waals surface area contributed by atoms with Gasteiger partial charge in [-0.15, -0.1) is 6.58 Å². The van der Waals surface area contributed by atoms with Gasteiger partial charge in [-0.1, -0.05) is 35.3 Å². The molecule has 0 unspecified atom stereocenters. The second-order valence-corrected chi connectivity index (χ2v) is 6.97. The van der Waals surface area contributed by atoms with Crippen LogP contribution in [0.4, 0.5) is 5.69 Å². The topological polar surface area (TPSA) is 66.5 Å². The van der Waals surface area contributed by atoms with Crippen LogP contribution in [-0.4, -0.2) is 33.7 Å². The number of anilines is 1. The van der Waals surface area contributed by atoms with Crippen molar-refractivity contribution in [1.82, 2.24) is 5.32 Å². The Kier molecular flexibility index (Phi) is 6.51. The summed E-state index contributed by atoms with van der Waals surface area (Å²) in [5.74, 6) is -0.285. The van der Waals surface area contributed by atoms with E-state index in [2.05, 4.69) is 11.9 Å². The highest BCUT2D eigenvalue weighted by atomic mass is 35.5. The van der Waals surface area contributed by atoms with Crippen LogP contribution in [0.5, 0.6) is 0 Å². The Hall–Kier alpha value is -1.24. The molecular formula is C13H16Cl2N2O3S. The van der Waals surface area contributed by atoms with E-state index in [0.29, 0.717) is 6.54 Å². The maximum Gasteiger partial charge on any atom is 0.232 e. The molecule has 5 nitrogen and oxygen atoms in total. The molecule has 0 aromatic heterocycles. The van der Waals surface area contributed by atoms with Crippen molar-refractivity contribution in [2.45, 2.75) is 6.42 Å². The van der Waals surface area contributed by atoms with E-state index in [1.165, 1.54) is 6.08 Å². The summed E-state index contributed by atoms with van der Waals surface area (Å²) in [6, 6.07) is 4.70. The second kappa shape index (κ2) is 7.68. The first-order valence-corrected chi connectivity index (χ1v) is 8.67. The molecule has 0 bridgehead atoms. The summed E-state index contributed by atoms with van der Waals surface area (Å²) in [6.45, 7) is 3.76. The number of hydrogen-bond donors (Lipinski definition) is 1. The molecule has 0 atom stereocenters. The van der Waals surface area contributed by atoms with Crippen molar-refractivity contribution in [2.75, 3.05) is 23.7 Å². The monoisotopic (exact) mass is 350 g/mol. The van der Waals surface area contributed by atoms with Crippen molar-refractivity contribution in [1.29, 1.82) is 0 Å². The van der Waals surface area contributed by atoms with Gasteiger partial charge in [-0.05, 0) is 12.1 Å². The third-order valence-corrected chi connectivity index (χ3v) is 4.35. The van der Waals surface area contributed by atoms with E-state index in [-0.39, 0.29) is 34.6 Å². The van der Waals surface area contributed by atoms with Gasteiger partial charge in [-0.2, -0.15) is 0 Å². The van der Waals surface area contributed by atoms with Crippen molar-refractivity contribution >= 4 is 44.8 Å². The smallest absolute Gasteiger partial charge is 0.232 e. The van der Waals surface area contributed by atoms with Crippen LogP contribution in [0.15, 0.2) is 30.9 Å². The minimum Gasteiger partial charge on any atom is -0.353 e. The van der Waals surface area contributed by atoms with E-state index in [1.807, 2.05) is 0 Å². The number of carbonyl (C=O) groups excluding carboxylic acids is 1. The lowest BCUT2D eigenvalue weighted by atomic mass is 10.3. The molecule has 0 fully saturated rings. The number of rotatable bonds is 7. The molecular weight excluding hydrogens is 335 g/mol. The van der Waals surface area contributed by atoms with Crippen LogP contribution in [0.3, 0.4) is 0 Å². The van der Waals surface area contributed by atoms with Crippen LogP contribution in [0.1, 0.15) is 6.42 Å². The molecule has 0 spiro atoms. The molecule has 1 N–H and O–H groups in total. The Morgan fingerprint density at radius 2 is 1.95 bits per heavy atom. The molecule has 1 amide bonds. The van der Waals surface area contributed by atoms with Crippen molar-refractivity contribution in [3.05, 3.63) is 40.9 Å². The highest BCUT2D eigenvalue weighted by Gasteiger charge is 2.23. The van der Waals surface area contributed by atoms with Crippen molar-refractivity contribution < 1.29 is 13.2 Å². The van der Waals surface area contributed by atoms with Crippen molar-refractivity contribution in [3.8, 4) is 0 Å². The van der Waals surface area contributed by atoms with Gasteiger partial charge in [0.05, 0.1) is 22.0 Å². The molecule has 21 heavy (non-hydrogen) atoms. The molecule has 1 aromatic rings. The van der Waals surface area contributed by atoms with Gasteiger partial charge in [0.25, 0.3) is 0 Å². The Bertz CT molecular complexity index is 612. The third kappa shape index (κ3) is 5.22. The molecule has 0 aliphatic heterocycles. The van der Waals surface area contributed by atoms with Crippen LogP contribution >= 0.6 is 23.2 Å². The van der Waals surface area contributed by atoms with Crippen molar-refractivity contribution in [3.63, 3.8) is 0 Å². The predicted molar refractivity (Wildman–Crippen MR) is 86.5 cm³/mol. The third-order valence-electron chi connectivity index (χ3n) is 2.57. The molecule has 0 radical (unpaired) electrons. The van der Waals surface area contributed by atoms with Gasteiger partial charge in [0, 0.05) is 19.5 Å². The Balaban J connectivity index is 2.98. The molecule has 116 valence electrons. The van der Waals surface area contributed by atoms with E-state index >= 15 is 0 Å². The SMILES string of the molecule is C=CCNC(=O)CCN(c1c(Cl)cccc1Cl)S(C)(=O)=O. The van der Waals surface area contributed by atoms with E-state index in [9.17, 15) is 13.2 Å². The zero-order valence-electron chi connectivity index (χ0n) is 11.5. The van der Waals surface area contributed by atoms with Crippen LogP contribution in [-0.2, 0) is 14.8 Å². The lowest BCUT2D eigenvalue weighted by Gasteiger charge is -2.24. The first-order valence-electron chi connectivity index (χ1n) is 6.06. The molecule has 0 saturated heterocycles. The molecule has 1 aromatic carbocycles. The van der Waals surface area contributed by atoms with Crippen LogP contribution < -0.4 is 9.62 Å². The Morgan fingerprint density at radius 1 is 1.38 bits per heavy atom. The summed E-state index contributed by atoms with van der Waals surface area (Å²) in [5, 5.41) is 2.99. The van der Waals surface area contributed by atoms with Crippen molar-refractivity contribution in [2.24, 2.45) is 0 Å². The summed E-state index contributed by atoms with van der Waals surface area (Å²) in [5.41, 5.74) is 0.180. The average Bonchev–Trinajstić information content (AvgIpc) is 2.38. The quantitative estimate of drug-likeness (QED) is 0.768. The number of hydrogen-bond acceptors (Lipinski definition) is 3. The zero-order chi connectivity index (χ0) is 16.0. The number of nitrogens with one attached hydrogen (secondary N) is 1. The lowest BCUT2D eigenvalue weighted by Crippen LogP contribution is -2.35. The van der Waals surface area contributed by atoms with Gasteiger partial charge in [-0.25, -0.2) is 8.42 Å². The maximum atomic E-state index is 11.9.